The van der Waals surface area contributed by atoms with Crippen molar-refractivity contribution in [2.75, 3.05) is 19.6 Å². The van der Waals surface area contributed by atoms with Crippen LogP contribution in [-0.2, 0) is 4.79 Å². The van der Waals surface area contributed by atoms with E-state index >= 15 is 0 Å². The molecule has 1 unspecified atom stereocenters. The monoisotopic (exact) mass is 329 g/mol. The van der Waals surface area contributed by atoms with Crippen LogP contribution < -0.4 is 11.1 Å². The number of carbonyl (C=O) groups excluding carboxylic acids is 1. The normalized spacial score (nSPS) is 25.4. The first-order valence-corrected chi connectivity index (χ1v) is 7.07. The third-order valence-corrected chi connectivity index (χ3v) is 3.97. The van der Waals surface area contributed by atoms with Gasteiger partial charge in [-0.25, -0.2) is 4.39 Å². The van der Waals surface area contributed by atoms with Crippen molar-refractivity contribution in [1.82, 2.24) is 10.2 Å². The van der Waals surface area contributed by atoms with Gasteiger partial charge in [0.25, 0.3) is 0 Å². The van der Waals surface area contributed by atoms with E-state index in [0.717, 1.165) is 32.2 Å². The third kappa shape index (κ3) is 6.12. The second-order valence-electron chi connectivity index (χ2n) is 5.60. The average molecular weight is 330 g/mol. The highest BCUT2D eigenvalue weighted by molar-refractivity contribution is 5.85. The summed E-state index contributed by atoms with van der Waals surface area (Å²) in [5, 5.41) is 2.87. The van der Waals surface area contributed by atoms with Crippen LogP contribution in [-0.4, -0.2) is 42.8 Å². The number of amides is 1. The van der Waals surface area contributed by atoms with Crippen LogP contribution in [0.5, 0.6) is 0 Å². The summed E-state index contributed by atoms with van der Waals surface area (Å²) in [5.41, 5.74) is 5.91. The lowest BCUT2D eigenvalue weighted by molar-refractivity contribution is -0.126. The van der Waals surface area contributed by atoms with Crippen LogP contribution in [0.2, 0.25) is 0 Å². The van der Waals surface area contributed by atoms with Gasteiger partial charge in [-0.15, -0.1) is 24.8 Å². The SMILES string of the molecule is Cl.Cl.NC(CN1CC[C@@H](F)C1)NC(=O)C1CCCCC1. The van der Waals surface area contributed by atoms with Crippen LogP contribution in [0.3, 0.4) is 0 Å². The maximum Gasteiger partial charge on any atom is 0.224 e. The molecule has 1 aliphatic carbocycles. The highest BCUT2D eigenvalue weighted by atomic mass is 35.5. The van der Waals surface area contributed by atoms with Crippen molar-refractivity contribution in [1.29, 1.82) is 0 Å². The van der Waals surface area contributed by atoms with E-state index in [2.05, 4.69) is 5.32 Å². The van der Waals surface area contributed by atoms with Gasteiger partial charge in [-0.1, -0.05) is 19.3 Å². The number of alkyl halides is 1. The topological polar surface area (TPSA) is 58.4 Å². The molecule has 7 heteroatoms. The van der Waals surface area contributed by atoms with Gasteiger partial charge in [-0.3, -0.25) is 9.69 Å². The van der Waals surface area contributed by atoms with Gasteiger partial charge in [0.15, 0.2) is 0 Å². The Labute approximate surface area is 132 Å². The van der Waals surface area contributed by atoms with Crippen molar-refractivity contribution >= 4 is 30.7 Å². The van der Waals surface area contributed by atoms with E-state index in [9.17, 15) is 9.18 Å². The van der Waals surface area contributed by atoms with Gasteiger partial charge in [0.1, 0.15) is 6.17 Å². The Kier molecular flexibility index (Phi) is 9.72. The number of nitrogens with one attached hydrogen (secondary N) is 1. The number of nitrogens with zero attached hydrogens (tertiary/aromatic N) is 1. The summed E-state index contributed by atoms with van der Waals surface area (Å²) < 4.78 is 13.0. The minimum absolute atomic E-state index is 0. The molecule has 0 aromatic rings. The maximum atomic E-state index is 13.0. The first kappa shape index (κ1) is 19.9. The molecule has 2 fully saturated rings. The molecule has 0 aromatic heterocycles. The van der Waals surface area contributed by atoms with Crippen molar-refractivity contribution in [3.63, 3.8) is 0 Å². The lowest BCUT2D eigenvalue weighted by Gasteiger charge is -2.25. The van der Waals surface area contributed by atoms with Gasteiger partial charge in [-0.05, 0) is 19.3 Å². The Hall–Kier alpha value is -0.100. The molecule has 0 bridgehead atoms. The number of likely N-dealkylation sites (tertiary alicyclic amines) is 1. The summed E-state index contributed by atoms with van der Waals surface area (Å²) in [4.78, 5) is 13.9. The molecule has 4 nitrogen and oxygen atoms in total. The number of hydrogen-bond donors (Lipinski definition) is 2. The Bertz CT molecular complexity index is 291. The summed E-state index contributed by atoms with van der Waals surface area (Å²) in [5.74, 6) is 0.218. The number of carbonyl (C=O) groups is 1. The zero-order chi connectivity index (χ0) is 13.0. The number of hydrogen-bond acceptors (Lipinski definition) is 3. The molecule has 20 heavy (non-hydrogen) atoms. The Morgan fingerprint density at radius 2 is 1.90 bits per heavy atom. The summed E-state index contributed by atoms with van der Waals surface area (Å²) in [6.07, 6.45) is 4.97. The number of rotatable bonds is 4. The van der Waals surface area contributed by atoms with Gasteiger partial charge in [-0.2, -0.15) is 0 Å². The molecule has 120 valence electrons. The first-order valence-electron chi connectivity index (χ1n) is 7.07. The lowest BCUT2D eigenvalue weighted by Crippen LogP contribution is -2.50. The molecular formula is C13H26Cl2FN3O. The largest absolute Gasteiger partial charge is 0.339 e. The molecule has 0 aromatic carbocycles. The van der Waals surface area contributed by atoms with E-state index in [1.807, 2.05) is 4.90 Å². The fraction of sp³-hybridized carbons (Fsp3) is 0.923. The fourth-order valence-electron chi connectivity index (χ4n) is 2.94. The van der Waals surface area contributed by atoms with Gasteiger partial charge in [0.2, 0.25) is 5.91 Å². The smallest absolute Gasteiger partial charge is 0.224 e. The number of nitrogens with two attached hydrogens (primary N) is 1. The molecule has 3 N–H and O–H groups in total. The highest BCUT2D eigenvalue weighted by Crippen LogP contribution is 2.23. The third-order valence-electron chi connectivity index (χ3n) is 3.97. The van der Waals surface area contributed by atoms with Crippen LogP contribution in [0.1, 0.15) is 38.5 Å². The van der Waals surface area contributed by atoms with E-state index in [0.29, 0.717) is 19.5 Å². The first-order chi connectivity index (χ1) is 8.65. The van der Waals surface area contributed by atoms with E-state index in [1.165, 1.54) is 6.42 Å². The van der Waals surface area contributed by atoms with Gasteiger partial charge in [0, 0.05) is 25.6 Å². The molecule has 0 radical (unpaired) electrons. The van der Waals surface area contributed by atoms with E-state index in [-0.39, 0.29) is 42.8 Å². The van der Waals surface area contributed by atoms with Crippen molar-refractivity contribution in [2.45, 2.75) is 50.9 Å². The standard InChI is InChI=1S/C13H24FN3O.2ClH/c14-11-6-7-17(8-11)9-12(15)16-13(18)10-4-2-1-3-5-10;;/h10-12H,1-9,15H2,(H,16,18);2*1H/t11-,12?;;/m1../s1. The zero-order valence-electron chi connectivity index (χ0n) is 11.7. The van der Waals surface area contributed by atoms with Crippen molar-refractivity contribution in [2.24, 2.45) is 11.7 Å². The quantitative estimate of drug-likeness (QED) is 0.774. The molecule has 1 aliphatic heterocycles. The summed E-state index contributed by atoms with van der Waals surface area (Å²) in [6, 6.07) is 0. The molecule has 2 aliphatic rings. The van der Waals surface area contributed by atoms with Gasteiger partial charge >= 0.3 is 0 Å². The van der Waals surface area contributed by atoms with Crippen molar-refractivity contribution in [3.05, 3.63) is 0 Å². The van der Waals surface area contributed by atoms with Crippen LogP contribution in [0.4, 0.5) is 4.39 Å². The van der Waals surface area contributed by atoms with E-state index < -0.39 is 6.17 Å². The second kappa shape index (κ2) is 9.77. The van der Waals surface area contributed by atoms with Crippen LogP contribution in [0.25, 0.3) is 0 Å². The van der Waals surface area contributed by atoms with Crippen LogP contribution in [0.15, 0.2) is 0 Å². The van der Waals surface area contributed by atoms with E-state index in [1.54, 1.807) is 0 Å². The van der Waals surface area contributed by atoms with Crippen LogP contribution >= 0.6 is 24.8 Å². The van der Waals surface area contributed by atoms with Gasteiger partial charge < -0.3 is 11.1 Å². The Morgan fingerprint density at radius 1 is 1.25 bits per heavy atom. The highest BCUT2D eigenvalue weighted by Gasteiger charge is 2.26. The summed E-state index contributed by atoms with van der Waals surface area (Å²) >= 11 is 0. The van der Waals surface area contributed by atoms with E-state index in [4.69, 9.17) is 5.73 Å². The molecular weight excluding hydrogens is 304 g/mol. The molecule has 1 saturated carbocycles. The van der Waals surface area contributed by atoms with Crippen molar-refractivity contribution < 1.29 is 9.18 Å². The minimum Gasteiger partial charge on any atom is -0.339 e. The summed E-state index contributed by atoms with van der Waals surface area (Å²) in [7, 11) is 0. The molecule has 1 heterocycles. The lowest BCUT2D eigenvalue weighted by atomic mass is 9.88. The van der Waals surface area contributed by atoms with Crippen molar-refractivity contribution in [3.8, 4) is 0 Å². The molecule has 2 rings (SSSR count). The molecule has 0 spiro atoms. The molecule has 2 atom stereocenters. The maximum absolute atomic E-state index is 13.0. The molecule has 1 saturated heterocycles. The minimum atomic E-state index is -0.730. The van der Waals surface area contributed by atoms with Crippen LogP contribution in [0, 0.1) is 5.92 Å². The Balaban J connectivity index is 0.00000180. The predicted molar refractivity (Wildman–Crippen MR) is 83.1 cm³/mol. The zero-order valence-corrected chi connectivity index (χ0v) is 13.4. The average Bonchev–Trinajstić information content (AvgIpc) is 2.75. The van der Waals surface area contributed by atoms with Gasteiger partial charge in [0.05, 0.1) is 6.17 Å². The predicted octanol–water partition coefficient (Wildman–Crippen LogP) is 1.86. The Morgan fingerprint density at radius 3 is 2.45 bits per heavy atom. The second-order valence-corrected chi connectivity index (χ2v) is 5.60. The molecule has 1 amide bonds. The number of halogens is 3. The fourth-order valence-corrected chi connectivity index (χ4v) is 2.94. The summed E-state index contributed by atoms with van der Waals surface area (Å²) in [6.45, 7) is 1.75.